The smallest absolute Gasteiger partial charge is 0.377 e. The van der Waals surface area contributed by atoms with Gasteiger partial charge in [0.05, 0.1) is 18.8 Å². The molecule has 2 aromatic rings. The number of rotatable bonds is 4. The van der Waals surface area contributed by atoms with Crippen molar-refractivity contribution < 1.29 is 19.4 Å². The average molecular weight is 437 g/mol. The molecule has 2 saturated carbocycles. The Morgan fingerprint density at radius 2 is 1.56 bits per heavy atom. The fraction of sp³-hybridized carbons (Fsp3) is 0.615. The van der Waals surface area contributed by atoms with Gasteiger partial charge in [0.15, 0.2) is 0 Å². The Labute approximate surface area is 188 Å². The first kappa shape index (κ1) is 20.4. The number of carbonyl (C=O) groups is 2. The maximum absolute atomic E-state index is 12.4. The summed E-state index contributed by atoms with van der Waals surface area (Å²) in [7, 11) is 0. The van der Waals surface area contributed by atoms with Crippen molar-refractivity contribution in [3.05, 3.63) is 36.0 Å². The molecule has 1 aromatic carbocycles. The number of ether oxygens (including phenoxy) is 1. The molecule has 0 radical (unpaired) electrons. The second-order valence-corrected chi connectivity index (χ2v) is 10.5. The molecule has 1 N–H and O–H groups in total. The minimum absolute atomic E-state index is 0.258. The first-order valence-corrected chi connectivity index (χ1v) is 12.3. The Morgan fingerprint density at radius 3 is 2.25 bits per heavy atom. The van der Waals surface area contributed by atoms with E-state index in [1.165, 1.54) is 38.5 Å². The third-order valence-electron chi connectivity index (χ3n) is 8.65. The second kappa shape index (κ2) is 7.99. The maximum Gasteiger partial charge on any atom is 0.377 e. The number of carboxylic acids is 1. The fourth-order valence-electron chi connectivity index (χ4n) is 7.48. The maximum atomic E-state index is 12.4. The van der Waals surface area contributed by atoms with E-state index in [1.54, 1.807) is 6.20 Å². The number of hydrogen-bond donors (Lipinski definition) is 1. The molecule has 6 nitrogen and oxygen atoms in total. The van der Waals surface area contributed by atoms with Crippen LogP contribution in [0.3, 0.4) is 0 Å². The third-order valence-corrected chi connectivity index (χ3v) is 8.65. The molecular weight excluding hydrogens is 404 g/mol. The van der Waals surface area contributed by atoms with E-state index < -0.39 is 11.8 Å². The van der Waals surface area contributed by atoms with Crippen LogP contribution in [0.25, 0.3) is 10.9 Å². The van der Waals surface area contributed by atoms with Crippen LogP contribution < -0.4 is 0 Å². The van der Waals surface area contributed by atoms with E-state index in [0.717, 1.165) is 48.8 Å². The summed E-state index contributed by atoms with van der Waals surface area (Å²) in [4.78, 5) is 26.6. The van der Waals surface area contributed by atoms with Crippen molar-refractivity contribution in [2.45, 2.75) is 75.5 Å². The number of Topliss-reactive ketones (excluding diaryl/α,β-unsaturated/α-hetero) is 1. The normalized spacial score (nSPS) is 35.0. The molecule has 2 saturated heterocycles. The van der Waals surface area contributed by atoms with Crippen LogP contribution in [0.2, 0.25) is 0 Å². The molecule has 4 bridgehead atoms. The van der Waals surface area contributed by atoms with Gasteiger partial charge in [0.25, 0.3) is 5.78 Å². The number of para-hydroxylation sites is 1. The predicted molar refractivity (Wildman–Crippen MR) is 121 cm³/mol. The third kappa shape index (κ3) is 3.39. The first-order valence-electron chi connectivity index (χ1n) is 12.3. The van der Waals surface area contributed by atoms with Gasteiger partial charge in [0.1, 0.15) is 0 Å². The van der Waals surface area contributed by atoms with E-state index in [-0.39, 0.29) is 6.04 Å². The molecule has 2 unspecified atom stereocenters. The number of morpholine rings is 1. The molecule has 3 heterocycles. The van der Waals surface area contributed by atoms with Gasteiger partial charge in [-0.25, -0.2) is 4.79 Å². The van der Waals surface area contributed by atoms with Gasteiger partial charge in [0.2, 0.25) is 0 Å². The molecule has 0 amide bonds. The van der Waals surface area contributed by atoms with Crippen LogP contribution in [0.4, 0.5) is 0 Å². The molecule has 32 heavy (non-hydrogen) atoms. The van der Waals surface area contributed by atoms with E-state index >= 15 is 0 Å². The van der Waals surface area contributed by atoms with Crippen LogP contribution in [0.15, 0.2) is 30.5 Å². The van der Waals surface area contributed by atoms with Crippen molar-refractivity contribution in [1.82, 2.24) is 9.47 Å². The number of hydrogen-bond acceptors (Lipinski definition) is 4. The summed E-state index contributed by atoms with van der Waals surface area (Å²) >= 11 is 0. The van der Waals surface area contributed by atoms with E-state index in [4.69, 9.17) is 4.74 Å². The molecule has 6 heteroatoms. The van der Waals surface area contributed by atoms with Crippen molar-refractivity contribution in [3.63, 3.8) is 0 Å². The van der Waals surface area contributed by atoms with Gasteiger partial charge >= 0.3 is 5.97 Å². The highest BCUT2D eigenvalue weighted by molar-refractivity contribution is 6.42. The number of ketones is 1. The van der Waals surface area contributed by atoms with Gasteiger partial charge in [-0.05, 0) is 50.0 Å². The van der Waals surface area contributed by atoms with Crippen LogP contribution in [-0.4, -0.2) is 57.7 Å². The zero-order chi connectivity index (χ0) is 21.8. The Morgan fingerprint density at radius 1 is 0.875 bits per heavy atom. The number of aliphatic carboxylic acids is 1. The molecule has 170 valence electrons. The topological polar surface area (TPSA) is 71.8 Å². The summed E-state index contributed by atoms with van der Waals surface area (Å²) < 4.78 is 8.20. The van der Waals surface area contributed by atoms with Crippen molar-refractivity contribution in [3.8, 4) is 0 Å². The number of benzene rings is 1. The Hall–Kier alpha value is -2.18. The highest BCUT2D eigenvalue weighted by atomic mass is 16.5. The Bertz CT molecular complexity index is 1020. The Balaban J connectivity index is 1.30. The van der Waals surface area contributed by atoms with Gasteiger partial charge in [-0.1, -0.05) is 37.5 Å². The number of carboxylic acid groups (broad SMARTS) is 1. The summed E-state index contributed by atoms with van der Waals surface area (Å²) in [5, 5.41) is 10.1. The number of nitrogens with zero attached hydrogens (tertiary/aromatic N) is 2. The van der Waals surface area contributed by atoms with Gasteiger partial charge < -0.3 is 14.4 Å². The predicted octanol–water partition coefficient (Wildman–Crippen LogP) is 4.28. The van der Waals surface area contributed by atoms with Crippen LogP contribution in [0, 0.1) is 11.8 Å². The largest absolute Gasteiger partial charge is 0.475 e. The number of piperidine rings is 1. The molecule has 0 spiro atoms. The van der Waals surface area contributed by atoms with E-state index in [0.29, 0.717) is 23.7 Å². The number of aromatic nitrogens is 1. The van der Waals surface area contributed by atoms with Gasteiger partial charge in [-0.2, -0.15) is 0 Å². The quantitative estimate of drug-likeness (QED) is 0.572. The number of carbonyl (C=O) groups excluding carboxylic acids is 1. The molecule has 4 aliphatic rings. The molecular formula is C26H32N2O4. The van der Waals surface area contributed by atoms with Crippen molar-refractivity contribution >= 4 is 22.7 Å². The standard InChI is InChI=1S/C26H32N2O4/c29-25(26(30)31)23-13-27(24-7-2-1-6-22(23)24)18-11-20-14-32-15-21(12-18)28(20)19-9-16-4-3-5-17(8-16)10-19/h1-2,6-7,13,16-21H,3-5,8-12,14-15H2,(H,30,31)/t16-,17+,18?,19?,20-,21+. The van der Waals surface area contributed by atoms with Crippen molar-refractivity contribution in [2.75, 3.05) is 13.2 Å². The van der Waals surface area contributed by atoms with E-state index in [9.17, 15) is 14.7 Å². The molecule has 6 rings (SSSR count). The molecule has 1 aromatic heterocycles. The number of fused-ring (bicyclic) bond motifs is 5. The monoisotopic (exact) mass is 436 g/mol. The van der Waals surface area contributed by atoms with Gasteiger partial charge in [-0.3, -0.25) is 9.69 Å². The molecule has 2 aliphatic carbocycles. The summed E-state index contributed by atoms with van der Waals surface area (Å²) in [5.41, 5.74) is 1.26. The lowest BCUT2D eigenvalue weighted by Gasteiger charge is -2.55. The molecule has 4 fully saturated rings. The summed E-state index contributed by atoms with van der Waals surface area (Å²) in [6.45, 7) is 1.55. The zero-order valence-corrected chi connectivity index (χ0v) is 18.5. The zero-order valence-electron chi connectivity index (χ0n) is 18.5. The Kier molecular flexibility index (Phi) is 5.10. The first-order chi connectivity index (χ1) is 15.6. The minimum atomic E-state index is -1.39. The van der Waals surface area contributed by atoms with Crippen molar-refractivity contribution in [2.24, 2.45) is 11.8 Å². The minimum Gasteiger partial charge on any atom is -0.475 e. The van der Waals surface area contributed by atoms with E-state index in [1.807, 2.05) is 24.3 Å². The molecule has 2 aliphatic heterocycles. The van der Waals surface area contributed by atoms with Crippen molar-refractivity contribution in [1.29, 1.82) is 0 Å². The second-order valence-electron chi connectivity index (χ2n) is 10.5. The van der Waals surface area contributed by atoms with Gasteiger partial charge in [-0.15, -0.1) is 0 Å². The fourth-order valence-corrected chi connectivity index (χ4v) is 7.48. The average Bonchev–Trinajstić information content (AvgIpc) is 3.17. The van der Waals surface area contributed by atoms with E-state index in [2.05, 4.69) is 9.47 Å². The summed E-state index contributed by atoms with van der Waals surface area (Å²) in [5.74, 6) is -0.403. The lowest BCUT2D eigenvalue weighted by molar-refractivity contribution is -0.131. The van der Waals surface area contributed by atoms with Crippen LogP contribution in [-0.2, 0) is 9.53 Å². The highest BCUT2D eigenvalue weighted by Gasteiger charge is 2.45. The van der Waals surface area contributed by atoms with Crippen LogP contribution in [0.5, 0.6) is 0 Å². The van der Waals surface area contributed by atoms with Gasteiger partial charge in [0, 0.05) is 41.3 Å². The molecule has 6 atom stereocenters. The van der Waals surface area contributed by atoms with Crippen LogP contribution in [0.1, 0.15) is 67.8 Å². The summed E-state index contributed by atoms with van der Waals surface area (Å²) in [6.07, 6.45) is 12.1. The SMILES string of the molecule is O=C(O)C(=O)c1cn(C2C[C@H]3COC[C@@H](C2)N3C2C[C@H]3CCC[C@@H](C2)C3)c2ccccc12. The van der Waals surface area contributed by atoms with Crippen LogP contribution >= 0.6 is 0 Å². The lowest BCUT2D eigenvalue weighted by Crippen LogP contribution is -2.61. The highest BCUT2D eigenvalue weighted by Crippen LogP contribution is 2.46. The lowest BCUT2D eigenvalue weighted by atomic mass is 9.69. The summed E-state index contributed by atoms with van der Waals surface area (Å²) in [6, 6.07) is 9.45.